The maximum Gasteiger partial charge on any atom is 0.325 e. The number of hydrogen-bond donors (Lipinski definition) is 8. The molecule has 0 saturated carbocycles. The Kier molecular flexibility index (Phi) is 13.1. The normalized spacial score (nSPS) is 15.2. The van der Waals surface area contributed by atoms with Gasteiger partial charge in [0.05, 0.1) is 12.5 Å². The Morgan fingerprint density at radius 3 is 2.03 bits per heavy atom. The van der Waals surface area contributed by atoms with Crippen molar-refractivity contribution in [1.29, 1.82) is 0 Å². The van der Waals surface area contributed by atoms with Gasteiger partial charge in [0.1, 0.15) is 18.1 Å². The van der Waals surface area contributed by atoms with Crippen molar-refractivity contribution < 1.29 is 34.2 Å². The van der Waals surface area contributed by atoms with Crippen molar-refractivity contribution >= 4 is 35.6 Å². The number of hydrogen-bond acceptors (Lipinski definition) is 7. The molecule has 0 aromatic rings. The van der Waals surface area contributed by atoms with Crippen LogP contribution >= 0.6 is 0 Å². The van der Waals surface area contributed by atoms with Crippen LogP contribution in [0.2, 0.25) is 0 Å². The molecule has 5 unspecified atom stereocenters. The van der Waals surface area contributed by atoms with Crippen molar-refractivity contribution in [2.45, 2.75) is 70.6 Å². The van der Waals surface area contributed by atoms with Crippen LogP contribution in [-0.4, -0.2) is 76.5 Å². The number of carbonyl (C=O) groups is 5. The molecule has 0 bridgehead atoms. The number of rotatable bonds is 15. The first-order chi connectivity index (χ1) is 15.3. The van der Waals surface area contributed by atoms with E-state index in [4.69, 9.17) is 27.4 Å². The number of carboxylic acids is 2. The van der Waals surface area contributed by atoms with Crippen molar-refractivity contribution in [2.24, 2.45) is 28.1 Å². The van der Waals surface area contributed by atoms with Gasteiger partial charge in [-0.1, -0.05) is 20.3 Å². The molecule has 0 saturated heterocycles. The summed E-state index contributed by atoms with van der Waals surface area (Å²) in [6.07, 6.45) is 0.232. The van der Waals surface area contributed by atoms with E-state index in [2.05, 4.69) is 20.9 Å². The van der Waals surface area contributed by atoms with Crippen LogP contribution in [0.25, 0.3) is 0 Å². The number of aliphatic carboxylic acids is 2. The van der Waals surface area contributed by atoms with Crippen molar-refractivity contribution in [3.05, 3.63) is 0 Å². The van der Waals surface area contributed by atoms with E-state index in [9.17, 15) is 24.0 Å². The fourth-order valence-corrected chi connectivity index (χ4v) is 2.65. The van der Waals surface area contributed by atoms with Crippen LogP contribution < -0.4 is 33.2 Å². The molecular formula is C19H35N7O7. The topological polar surface area (TPSA) is 252 Å². The van der Waals surface area contributed by atoms with Crippen LogP contribution in [0.5, 0.6) is 0 Å². The second-order valence-electron chi connectivity index (χ2n) is 7.65. The van der Waals surface area contributed by atoms with E-state index in [1.54, 1.807) is 13.8 Å². The van der Waals surface area contributed by atoms with E-state index in [0.717, 1.165) is 0 Å². The molecule has 188 valence electrons. The molecule has 0 heterocycles. The second-order valence-corrected chi connectivity index (χ2v) is 7.65. The van der Waals surface area contributed by atoms with E-state index in [1.807, 2.05) is 0 Å². The molecule has 3 amide bonds. The number of nitrogens with one attached hydrogen (secondary N) is 3. The number of amides is 3. The highest BCUT2D eigenvalue weighted by Gasteiger charge is 2.32. The van der Waals surface area contributed by atoms with Crippen LogP contribution in [0.15, 0.2) is 4.99 Å². The molecule has 0 fully saturated rings. The Labute approximate surface area is 191 Å². The van der Waals surface area contributed by atoms with E-state index in [1.165, 1.54) is 6.92 Å². The van der Waals surface area contributed by atoms with Crippen LogP contribution in [-0.2, 0) is 24.0 Å². The fraction of sp³-hybridized carbons (Fsp3) is 0.684. The highest BCUT2D eigenvalue weighted by molar-refractivity contribution is 5.94. The summed E-state index contributed by atoms with van der Waals surface area (Å²) in [6, 6.07) is -4.80. The Balaban J connectivity index is 5.50. The molecule has 0 aromatic carbocycles. The zero-order valence-corrected chi connectivity index (χ0v) is 19.0. The molecule has 0 rings (SSSR count). The van der Waals surface area contributed by atoms with Crippen LogP contribution in [0.1, 0.15) is 46.5 Å². The van der Waals surface area contributed by atoms with Gasteiger partial charge in [-0.2, -0.15) is 0 Å². The highest BCUT2D eigenvalue weighted by atomic mass is 16.4. The molecule has 14 nitrogen and oxygen atoms in total. The molecule has 33 heavy (non-hydrogen) atoms. The van der Waals surface area contributed by atoms with E-state index in [-0.39, 0.29) is 24.8 Å². The average molecular weight is 474 g/mol. The number of aliphatic imine (C=N–C) groups is 1. The van der Waals surface area contributed by atoms with Gasteiger partial charge in [-0.15, -0.1) is 0 Å². The van der Waals surface area contributed by atoms with Gasteiger partial charge in [-0.05, 0) is 25.7 Å². The minimum absolute atomic E-state index is 0.0837. The number of carbonyl (C=O) groups excluding carboxylic acids is 3. The lowest BCUT2D eigenvalue weighted by atomic mass is 9.97. The molecule has 0 aromatic heterocycles. The Morgan fingerprint density at radius 1 is 0.939 bits per heavy atom. The van der Waals surface area contributed by atoms with Gasteiger partial charge in [0, 0.05) is 6.54 Å². The molecule has 0 radical (unpaired) electrons. The average Bonchev–Trinajstić information content (AvgIpc) is 2.72. The first-order valence-electron chi connectivity index (χ1n) is 10.5. The van der Waals surface area contributed by atoms with Gasteiger partial charge >= 0.3 is 11.9 Å². The Morgan fingerprint density at radius 2 is 1.55 bits per heavy atom. The Hall–Kier alpha value is -3.42. The first kappa shape index (κ1) is 29.6. The monoisotopic (exact) mass is 473 g/mol. The standard InChI is InChI=1S/C19H35N7O7/c1-4-9(2)14(26-15(29)11(20)8-13(27)28)17(31)25-12(6-5-7-23-19(21)22)16(30)24-10(3)18(32)33/h9-12,14H,4-8,20H2,1-3H3,(H,24,30)(H,25,31)(H,26,29)(H,27,28)(H,32,33)(H4,21,22,23). The van der Waals surface area contributed by atoms with Crippen LogP contribution in [0.4, 0.5) is 0 Å². The van der Waals surface area contributed by atoms with E-state index >= 15 is 0 Å². The third kappa shape index (κ3) is 11.7. The Bertz CT molecular complexity index is 740. The minimum atomic E-state index is -1.36. The molecule has 11 N–H and O–H groups in total. The number of carboxylic acid groups (broad SMARTS) is 2. The maximum absolute atomic E-state index is 13.0. The maximum atomic E-state index is 13.0. The predicted octanol–water partition coefficient (Wildman–Crippen LogP) is -2.55. The third-order valence-electron chi connectivity index (χ3n) is 4.83. The molecule has 0 aliphatic heterocycles. The first-order valence-corrected chi connectivity index (χ1v) is 10.5. The number of nitrogens with two attached hydrogens (primary N) is 3. The summed E-state index contributed by atoms with van der Waals surface area (Å²) < 4.78 is 0. The van der Waals surface area contributed by atoms with Gasteiger partial charge in [0.25, 0.3) is 0 Å². The van der Waals surface area contributed by atoms with E-state index < -0.39 is 60.2 Å². The minimum Gasteiger partial charge on any atom is -0.481 e. The number of guanidine groups is 1. The van der Waals surface area contributed by atoms with Crippen molar-refractivity contribution in [3.8, 4) is 0 Å². The predicted molar refractivity (Wildman–Crippen MR) is 119 cm³/mol. The SMILES string of the molecule is CCC(C)C(NC(=O)C(N)CC(=O)O)C(=O)NC(CCCN=C(N)N)C(=O)NC(C)C(=O)O. The molecule has 5 atom stereocenters. The summed E-state index contributed by atoms with van der Waals surface area (Å²) in [6.45, 7) is 4.91. The highest BCUT2D eigenvalue weighted by Crippen LogP contribution is 2.10. The summed E-state index contributed by atoms with van der Waals surface area (Å²) in [5, 5.41) is 25.1. The zero-order chi connectivity index (χ0) is 25.7. The molecule has 0 spiro atoms. The lowest BCUT2D eigenvalue weighted by Gasteiger charge is -2.27. The van der Waals surface area contributed by atoms with Crippen molar-refractivity contribution in [3.63, 3.8) is 0 Å². The quantitative estimate of drug-likeness (QED) is 0.0701. The fourth-order valence-electron chi connectivity index (χ4n) is 2.65. The lowest BCUT2D eigenvalue weighted by Crippen LogP contribution is -2.58. The summed E-state index contributed by atoms with van der Waals surface area (Å²) in [5.41, 5.74) is 16.1. The third-order valence-corrected chi connectivity index (χ3v) is 4.83. The summed E-state index contributed by atoms with van der Waals surface area (Å²) in [5.74, 6) is -5.32. The molecule has 0 aliphatic carbocycles. The van der Waals surface area contributed by atoms with Gasteiger partial charge in [-0.25, -0.2) is 0 Å². The number of nitrogens with zero attached hydrogens (tertiary/aromatic N) is 1. The summed E-state index contributed by atoms with van der Waals surface area (Å²) in [7, 11) is 0. The molecular weight excluding hydrogens is 438 g/mol. The van der Waals surface area contributed by atoms with Crippen LogP contribution in [0, 0.1) is 5.92 Å². The molecule has 14 heteroatoms. The van der Waals surface area contributed by atoms with Gasteiger partial charge in [-0.3, -0.25) is 29.0 Å². The van der Waals surface area contributed by atoms with Gasteiger partial charge in [0.2, 0.25) is 17.7 Å². The summed E-state index contributed by atoms with van der Waals surface area (Å²) >= 11 is 0. The van der Waals surface area contributed by atoms with Crippen molar-refractivity contribution in [1.82, 2.24) is 16.0 Å². The zero-order valence-electron chi connectivity index (χ0n) is 19.0. The smallest absolute Gasteiger partial charge is 0.325 e. The second kappa shape index (κ2) is 14.6. The van der Waals surface area contributed by atoms with Gasteiger partial charge in [0.15, 0.2) is 5.96 Å². The van der Waals surface area contributed by atoms with E-state index in [0.29, 0.717) is 12.8 Å². The molecule has 0 aliphatic rings. The largest absolute Gasteiger partial charge is 0.481 e. The lowest BCUT2D eigenvalue weighted by molar-refractivity contribution is -0.142. The van der Waals surface area contributed by atoms with Crippen molar-refractivity contribution in [2.75, 3.05) is 6.54 Å². The van der Waals surface area contributed by atoms with Crippen LogP contribution in [0.3, 0.4) is 0 Å². The van der Waals surface area contributed by atoms with Gasteiger partial charge < -0.3 is 43.4 Å². The summed E-state index contributed by atoms with van der Waals surface area (Å²) in [4.78, 5) is 63.5.